The zero-order valence-corrected chi connectivity index (χ0v) is 12.7. The van der Waals surface area contributed by atoms with Crippen molar-refractivity contribution in [1.29, 1.82) is 0 Å². The Hall–Kier alpha value is -1.72. The van der Waals surface area contributed by atoms with Crippen molar-refractivity contribution in [1.82, 2.24) is 25.0 Å². The summed E-state index contributed by atoms with van der Waals surface area (Å²) in [6.07, 6.45) is 5.65. The molecule has 1 atom stereocenters. The molecule has 21 heavy (non-hydrogen) atoms. The lowest BCUT2D eigenvalue weighted by molar-refractivity contribution is 0.148. The molecule has 1 unspecified atom stereocenters. The molecule has 1 saturated heterocycles. The third-order valence-electron chi connectivity index (χ3n) is 4.05. The monoisotopic (exact) mass is 285 g/mol. The lowest BCUT2D eigenvalue weighted by Gasteiger charge is -2.36. The van der Waals surface area contributed by atoms with Crippen molar-refractivity contribution in [3.8, 4) is 0 Å². The van der Waals surface area contributed by atoms with Gasteiger partial charge >= 0.3 is 0 Å². The maximum Gasteiger partial charge on any atom is 0.0527 e. The summed E-state index contributed by atoms with van der Waals surface area (Å²) in [6.45, 7) is 8.36. The second kappa shape index (κ2) is 6.37. The topological polar surface area (TPSA) is 46.0 Å². The number of pyridine rings is 1. The van der Waals surface area contributed by atoms with E-state index in [1.807, 2.05) is 18.6 Å². The smallest absolute Gasteiger partial charge is 0.0527 e. The molecule has 3 rings (SSSR count). The molecular weight excluding hydrogens is 262 g/mol. The second-order valence-electron chi connectivity index (χ2n) is 5.83. The van der Waals surface area contributed by atoms with Gasteiger partial charge in [-0.1, -0.05) is 0 Å². The minimum absolute atomic E-state index is 0.400. The first-order valence-corrected chi connectivity index (χ1v) is 7.63. The van der Waals surface area contributed by atoms with Gasteiger partial charge in [-0.05, 0) is 37.6 Å². The zero-order chi connectivity index (χ0) is 14.7. The minimum atomic E-state index is 0.400. The fraction of sp³-hybridized carbons (Fsp3) is 0.500. The molecule has 5 heteroatoms. The van der Waals surface area contributed by atoms with Crippen LogP contribution >= 0.6 is 0 Å². The highest BCUT2D eigenvalue weighted by atomic mass is 15.3. The normalized spacial score (nSPS) is 20.0. The highest BCUT2D eigenvalue weighted by molar-refractivity contribution is 5.17. The standard InChI is InChI=1S/C16H23N5/c1-13(2)21-15(5-8-19-21)12-20-10-9-18-11-16(20)14-3-6-17-7-4-14/h3-8,13,16,18H,9-12H2,1-2H3. The van der Waals surface area contributed by atoms with Gasteiger partial charge in [0.05, 0.1) is 5.69 Å². The van der Waals surface area contributed by atoms with Crippen LogP contribution in [0.5, 0.6) is 0 Å². The fourth-order valence-electron chi connectivity index (χ4n) is 2.99. The summed E-state index contributed by atoms with van der Waals surface area (Å²) in [5, 5.41) is 7.94. The third-order valence-corrected chi connectivity index (χ3v) is 4.05. The van der Waals surface area contributed by atoms with Gasteiger partial charge in [0.15, 0.2) is 0 Å². The molecular formula is C16H23N5. The van der Waals surface area contributed by atoms with Crippen molar-refractivity contribution >= 4 is 0 Å². The van der Waals surface area contributed by atoms with E-state index in [1.165, 1.54) is 11.3 Å². The molecule has 0 radical (unpaired) electrons. The predicted molar refractivity (Wildman–Crippen MR) is 82.9 cm³/mol. The molecule has 0 spiro atoms. The van der Waals surface area contributed by atoms with Gasteiger partial charge in [-0.3, -0.25) is 14.6 Å². The fourth-order valence-corrected chi connectivity index (χ4v) is 2.99. The van der Waals surface area contributed by atoms with Crippen LogP contribution in [0.25, 0.3) is 0 Å². The van der Waals surface area contributed by atoms with Gasteiger partial charge in [0.1, 0.15) is 0 Å². The number of hydrogen-bond acceptors (Lipinski definition) is 4. The molecule has 2 aromatic rings. The van der Waals surface area contributed by atoms with Crippen LogP contribution in [0.2, 0.25) is 0 Å². The summed E-state index contributed by atoms with van der Waals surface area (Å²) in [5.41, 5.74) is 2.61. The van der Waals surface area contributed by atoms with E-state index in [0.717, 1.165) is 26.2 Å². The van der Waals surface area contributed by atoms with Gasteiger partial charge in [-0.15, -0.1) is 0 Å². The summed E-state index contributed by atoms with van der Waals surface area (Å²) in [7, 11) is 0. The number of piperazine rings is 1. The van der Waals surface area contributed by atoms with E-state index in [4.69, 9.17) is 0 Å². The predicted octanol–water partition coefficient (Wildman–Crippen LogP) is 2.01. The Morgan fingerprint density at radius 1 is 1.24 bits per heavy atom. The Morgan fingerprint density at radius 2 is 2.05 bits per heavy atom. The molecule has 1 aliphatic heterocycles. The van der Waals surface area contributed by atoms with E-state index in [-0.39, 0.29) is 0 Å². The maximum absolute atomic E-state index is 4.44. The first kappa shape index (κ1) is 14.2. The number of nitrogens with zero attached hydrogens (tertiary/aromatic N) is 4. The van der Waals surface area contributed by atoms with Gasteiger partial charge in [0, 0.05) is 56.9 Å². The minimum Gasteiger partial charge on any atom is -0.314 e. The van der Waals surface area contributed by atoms with Crippen LogP contribution in [-0.4, -0.2) is 39.3 Å². The molecule has 0 aliphatic carbocycles. The first-order valence-electron chi connectivity index (χ1n) is 7.63. The summed E-state index contributed by atoms with van der Waals surface area (Å²) in [5.74, 6) is 0. The van der Waals surface area contributed by atoms with Crippen molar-refractivity contribution in [2.75, 3.05) is 19.6 Å². The van der Waals surface area contributed by atoms with Crippen LogP contribution < -0.4 is 5.32 Å². The number of aromatic nitrogens is 3. The number of rotatable bonds is 4. The van der Waals surface area contributed by atoms with E-state index in [2.05, 4.69) is 57.0 Å². The third kappa shape index (κ3) is 3.14. The lowest BCUT2D eigenvalue weighted by atomic mass is 10.0. The van der Waals surface area contributed by atoms with Crippen molar-refractivity contribution < 1.29 is 0 Å². The molecule has 1 aliphatic rings. The van der Waals surface area contributed by atoms with Gasteiger partial charge in [0.25, 0.3) is 0 Å². The van der Waals surface area contributed by atoms with Gasteiger partial charge < -0.3 is 5.32 Å². The molecule has 0 aromatic carbocycles. The zero-order valence-electron chi connectivity index (χ0n) is 12.7. The Bertz CT molecular complexity index is 563. The highest BCUT2D eigenvalue weighted by Crippen LogP contribution is 2.24. The van der Waals surface area contributed by atoms with E-state index >= 15 is 0 Å². The molecule has 5 nitrogen and oxygen atoms in total. The second-order valence-corrected chi connectivity index (χ2v) is 5.83. The molecule has 0 bridgehead atoms. The summed E-state index contributed by atoms with van der Waals surface area (Å²) >= 11 is 0. The molecule has 0 saturated carbocycles. The SMILES string of the molecule is CC(C)n1nccc1CN1CCNCC1c1ccncc1. The van der Waals surface area contributed by atoms with Crippen LogP contribution in [0.1, 0.15) is 37.2 Å². The van der Waals surface area contributed by atoms with E-state index in [9.17, 15) is 0 Å². The molecule has 3 heterocycles. The Kier molecular flexibility index (Phi) is 4.31. The summed E-state index contributed by atoms with van der Waals surface area (Å²) in [4.78, 5) is 6.65. The molecule has 1 fully saturated rings. The quantitative estimate of drug-likeness (QED) is 0.933. The summed E-state index contributed by atoms with van der Waals surface area (Å²) in [6, 6.07) is 7.16. The van der Waals surface area contributed by atoms with Gasteiger partial charge in [-0.25, -0.2) is 0 Å². The van der Waals surface area contributed by atoms with Crippen molar-refractivity contribution in [3.05, 3.63) is 48.0 Å². The summed E-state index contributed by atoms with van der Waals surface area (Å²) < 4.78 is 2.12. The van der Waals surface area contributed by atoms with Crippen LogP contribution in [0.4, 0.5) is 0 Å². The molecule has 112 valence electrons. The van der Waals surface area contributed by atoms with Crippen LogP contribution in [0, 0.1) is 0 Å². The lowest BCUT2D eigenvalue weighted by Crippen LogP contribution is -2.45. The van der Waals surface area contributed by atoms with E-state index in [0.29, 0.717) is 12.1 Å². The molecule has 2 aromatic heterocycles. The Morgan fingerprint density at radius 3 is 2.81 bits per heavy atom. The molecule has 0 amide bonds. The van der Waals surface area contributed by atoms with Crippen molar-refractivity contribution in [2.45, 2.75) is 32.5 Å². The molecule has 1 N–H and O–H groups in total. The van der Waals surface area contributed by atoms with E-state index < -0.39 is 0 Å². The maximum atomic E-state index is 4.44. The average Bonchev–Trinajstić information content (AvgIpc) is 2.97. The van der Waals surface area contributed by atoms with Crippen LogP contribution in [0.3, 0.4) is 0 Å². The highest BCUT2D eigenvalue weighted by Gasteiger charge is 2.24. The van der Waals surface area contributed by atoms with Gasteiger partial charge in [0.2, 0.25) is 0 Å². The van der Waals surface area contributed by atoms with Gasteiger partial charge in [-0.2, -0.15) is 5.10 Å². The van der Waals surface area contributed by atoms with Crippen LogP contribution in [-0.2, 0) is 6.54 Å². The first-order chi connectivity index (χ1) is 10.3. The number of nitrogens with one attached hydrogen (secondary N) is 1. The van der Waals surface area contributed by atoms with Crippen molar-refractivity contribution in [2.24, 2.45) is 0 Å². The Balaban J connectivity index is 1.80. The largest absolute Gasteiger partial charge is 0.314 e. The number of hydrogen-bond donors (Lipinski definition) is 1. The van der Waals surface area contributed by atoms with E-state index in [1.54, 1.807) is 0 Å². The van der Waals surface area contributed by atoms with Crippen molar-refractivity contribution in [3.63, 3.8) is 0 Å². The Labute approximate surface area is 126 Å². The van der Waals surface area contributed by atoms with Crippen LogP contribution in [0.15, 0.2) is 36.8 Å². The average molecular weight is 285 g/mol.